The number of carboxylic acids is 1. The van der Waals surface area contributed by atoms with E-state index in [4.69, 9.17) is 5.11 Å². The topological polar surface area (TPSA) is 78.4 Å². The monoisotopic (exact) mass is 262 g/mol. The van der Waals surface area contributed by atoms with Crippen molar-refractivity contribution >= 4 is 34.7 Å². The number of carbonyl (C=O) groups is 2. The molecule has 18 heavy (non-hydrogen) atoms. The van der Waals surface area contributed by atoms with E-state index in [2.05, 4.69) is 10.6 Å². The minimum absolute atomic E-state index is 0.128. The van der Waals surface area contributed by atoms with Crippen LogP contribution in [0.3, 0.4) is 0 Å². The lowest BCUT2D eigenvalue weighted by atomic mass is 10.2. The van der Waals surface area contributed by atoms with E-state index in [1.54, 1.807) is 23.6 Å². The van der Waals surface area contributed by atoms with E-state index in [1.807, 2.05) is 5.38 Å². The highest BCUT2D eigenvalue weighted by atomic mass is 32.1. The Balaban J connectivity index is 2.03. The summed E-state index contributed by atoms with van der Waals surface area (Å²) in [5, 5.41) is 17.7. The van der Waals surface area contributed by atoms with Gasteiger partial charge in [-0.05, 0) is 29.6 Å². The van der Waals surface area contributed by atoms with Crippen molar-refractivity contribution in [2.45, 2.75) is 0 Å². The number of carboxylic acid groups (broad SMARTS) is 1. The van der Waals surface area contributed by atoms with Gasteiger partial charge in [0, 0.05) is 11.1 Å². The molecule has 0 unspecified atom stereocenters. The Bertz CT molecular complexity index is 566. The zero-order valence-electron chi connectivity index (χ0n) is 9.21. The lowest BCUT2D eigenvalue weighted by Gasteiger charge is -2.06. The third-order valence-electron chi connectivity index (χ3n) is 2.15. The summed E-state index contributed by atoms with van der Waals surface area (Å²) in [4.78, 5) is 22.4. The van der Waals surface area contributed by atoms with Crippen LogP contribution in [0.25, 0.3) is 0 Å². The minimum atomic E-state index is -1.03. The lowest BCUT2D eigenvalue weighted by Crippen LogP contribution is -2.19. The van der Waals surface area contributed by atoms with Gasteiger partial charge in [-0.25, -0.2) is 9.59 Å². The average molecular weight is 262 g/mol. The maximum atomic E-state index is 11.6. The van der Waals surface area contributed by atoms with Crippen molar-refractivity contribution in [2.75, 3.05) is 10.6 Å². The predicted molar refractivity (Wildman–Crippen MR) is 70.4 cm³/mol. The lowest BCUT2D eigenvalue weighted by molar-refractivity contribution is 0.0697. The second kappa shape index (κ2) is 5.33. The number of thiophene rings is 1. The molecule has 92 valence electrons. The van der Waals surface area contributed by atoms with Crippen molar-refractivity contribution < 1.29 is 14.7 Å². The number of nitrogens with one attached hydrogen (secondary N) is 2. The van der Waals surface area contributed by atoms with E-state index in [9.17, 15) is 9.59 Å². The highest BCUT2D eigenvalue weighted by Crippen LogP contribution is 2.14. The predicted octanol–water partition coefficient (Wildman–Crippen LogP) is 3.09. The van der Waals surface area contributed by atoms with Crippen LogP contribution < -0.4 is 10.6 Å². The van der Waals surface area contributed by atoms with Crippen molar-refractivity contribution in [2.24, 2.45) is 0 Å². The smallest absolute Gasteiger partial charge is 0.335 e. The quantitative estimate of drug-likeness (QED) is 0.795. The molecule has 0 bridgehead atoms. The van der Waals surface area contributed by atoms with E-state index >= 15 is 0 Å². The van der Waals surface area contributed by atoms with Crippen LogP contribution in [-0.2, 0) is 0 Å². The maximum Gasteiger partial charge on any atom is 0.335 e. The molecule has 5 nitrogen and oxygen atoms in total. The van der Waals surface area contributed by atoms with Crippen LogP contribution in [-0.4, -0.2) is 17.1 Å². The van der Waals surface area contributed by atoms with Gasteiger partial charge in [0.2, 0.25) is 0 Å². The highest BCUT2D eigenvalue weighted by molar-refractivity contribution is 7.08. The summed E-state index contributed by atoms with van der Waals surface area (Å²) in [5.41, 5.74) is 1.26. The molecule has 1 aromatic carbocycles. The van der Waals surface area contributed by atoms with Gasteiger partial charge >= 0.3 is 12.0 Å². The normalized spacial score (nSPS) is 9.78. The van der Waals surface area contributed by atoms with Crippen LogP contribution in [0.1, 0.15) is 10.4 Å². The Morgan fingerprint density at radius 1 is 1.11 bits per heavy atom. The first-order valence-electron chi connectivity index (χ1n) is 5.09. The molecule has 0 saturated heterocycles. The van der Waals surface area contributed by atoms with Gasteiger partial charge in [-0.1, -0.05) is 6.07 Å². The fourth-order valence-electron chi connectivity index (χ4n) is 1.36. The van der Waals surface area contributed by atoms with Crippen molar-refractivity contribution in [1.82, 2.24) is 0 Å². The summed E-state index contributed by atoms with van der Waals surface area (Å²) in [7, 11) is 0. The fourth-order valence-corrected chi connectivity index (χ4v) is 1.95. The average Bonchev–Trinajstić information content (AvgIpc) is 2.82. The van der Waals surface area contributed by atoms with Crippen LogP contribution in [0.2, 0.25) is 0 Å². The largest absolute Gasteiger partial charge is 0.478 e. The number of carbonyl (C=O) groups excluding carboxylic acids is 1. The van der Waals surface area contributed by atoms with Crippen LogP contribution in [0.4, 0.5) is 16.2 Å². The van der Waals surface area contributed by atoms with E-state index < -0.39 is 12.0 Å². The molecular weight excluding hydrogens is 252 g/mol. The number of amides is 2. The number of hydrogen-bond donors (Lipinski definition) is 3. The molecule has 0 fully saturated rings. The molecule has 2 amide bonds. The van der Waals surface area contributed by atoms with Crippen LogP contribution in [0, 0.1) is 0 Å². The van der Waals surface area contributed by atoms with E-state index in [0.717, 1.165) is 0 Å². The standard InChI is InChI=1S/C12H10N2O3S/c15-11(16)8-2-1-3-9(6-8)13-12(17)14-10-4-5-18-7-10/h1-7H,(H,15,16)(H2,13,14,17). The molecule has 0 aliphatic carbocycles. The third kappa shape index (κ3) is 3.08. The molecule has 0 saturated carbocycles. The Labute approximate surface area is 107 Å². The minimum Gasteiger partial charge on any atom is -0.478 e. The third-order valence-corrected chi connectivity index (χ3v) is 2.83. The number of rotatable bonds is 3. The zero-order valence-corrected chi connectivity index (χ0v) is 10.0. The zero-order chi connectivity index (χ0) is 13.0. The summed E-state index contributed by atoms with van der Waals surface area (Å²) in [6, 6.07) is 7.43. The summed E-state index contributed by atoms with van der Waals surface area (Å²) >= 11 is 1.47. The summed E-state index contributed by atoms with van der Waals surface area (Å²) in [6.45, 7) is 0. The van der Waals surface area contributed by atoms with Crippen LogP contribution in [0.5, 0.6) is 0 Å². The van der Waals surface area contributed by atoms with Gasteiger partial charge in [-0.2, -0.15) is 11.3 Å². The second-order valence-corrected chi connectivity index (χ2v) is 4.26. The van der Waals surface area contributed by atoms with Crippen molar-refractivity contribution in [1.29, 1.82) is 0 Å². The molecule has 6 heteroatoms. The SMILES string of the molecule is O=C(Nc1ccsc1)Nc1cccc(C(=O)O)c1. The first kappa shape index (κ1) is 12.1. The Kier molecular flexibility index (Phi) is 3.59. The van der Waals surface area contributed by atoms with E-state index in [1.165, 1.54) is 23.5 Å². The molecule has 0 aliphatic rings. The first-order valence-corrected chi connectivity index (χ1v) is 6.03. The van der Waals surface area contributed by atoms with Gasteiger partial charge in [0.05, 0.1) is 11.3 Å². The summed E-state index contributed by atoms with van der Waals surface area (Å²) in [6.07, 6.45) is 0. The Morgan fingerprint density at radius 2 is 1.89 bits per heavy atom. The number of benzene rings is 1. The number of hydrogen-bond acceptors (Lipinski definition) is 3. The van der Waals surface area contributed by atoms with Crippen LogP contribution in [0.15, 0.2) is 41.1 Å². The molecular formula is C12H10N2O3S. The van der Waals surface area contributed by atoms with Crippen molar-refractivity contribution in [3.63, 3.8) is 0 Å². The molecule has 1 aromatic heterocycles. The molecule has 3 N–H and O–H groups in total. The van der Waals surface area contributed by atoms with E-state index in [0.29, 0.717) is 11.4 Å². The molecule has 2 aromatic rings. The molecule has 0 atom stereocenters. The van der Waals surface area contributed by atoms with Crippen molar-refractivity contribution in [3.05, 3.63) is 46.7 Å². The Hall–Kier alpha value is -2.34. The Morgan fingerprint density at radius 3 is 2.56 bits per heavy atom. The van der Waals surface area contributed by atoms with Gasteiger partial charge in [0.25, 0.3) is 0 Å². The molecule has 0 aliphatic heterocycles. The maximum absolute atomic E-state index is 11.6. The van der Waals surface area contributed by atoms with E-state index in [-0.39, 0.29) is 5.56 Å². The molecule has 1 heterocycles. The van der Waals surface area contributed by atoms with Gasteiger partial charge in [0.1, 0.15) is 0 Å². The summed E-state index contributed by atoms with van der Waals surface area (Å²) < 4.78 is 0. The first-order chi connectivity index (χ1) is 8.65. The van der Waals surface area contributed by atoms with Gasteiger partial charge in [-0.3, -0.25) is 0 Å². The highest BCUT2D eigenvalue weighted by Gasteiger charge is 2.06. The fraction of sp³-hybridized carbons (Fsp3) is 0. The van der Waals surface area contributed by atoms with Crippen molar-refractivity contribution in [3.8, 4) is 0 Å². The molecule has 2 rings (SSSR count). The van der Waals surface area contributed by atoms with Gasteiger partial charge < -0.3 is 15.7 Å². The molecule has 0 radical (unpaired) electrons. The number of anilines is 2. The van der Waals surface area contributed by atoms with Gasteiger partial charge in [0.15, 0.2) is 0 Å². The number of aromatic carboxylic acids is 1. The van der Waals surface area contributed by atoms with Crippen LogP contribution >= 0.6 is 11.3 Å². The number of urea groups is 1. The molecule has 0 spiro atoms. The summed E-state index contributed by atoms with van der Waals surface area (Å²) in [5.74, 6) is -1.03. The second-order valence-electron chi connectivity index (χ2n) is 3.48. The van der Waals surface area contributed by atoms with Gasteiger partial charge in [-0.15, -0.1) is 0 Å².